The molecule has 9 heteroatoms. The van der Waals surface area contributed by atoms with Gasteiger partial charge in [-0.3, -0.25) is 0 Å². The van der Waals surface area contributed by atoms with E-state index in [1.165, 1.54) is 0 Å². The molecule has 1 aliphatic rings. The summed E-state index contributed by atoms with van der Waals surface area (Å²) in [7, 11) is 0. The summed E-state index contributed by atoms with van der Waals surface area (Å²) in [5.74, 6) is 0.359. The lowest BCUT2D eigenvalue weighted by molar-refractivity contribution is 0.0495. The first-order valence-electron chi connectivity index (χ1n) is 13.2. The van der Waals surface area contributed by atoms with Gasteiger partial charge in [0, 0.05) is 12.3 Å². The van der Waals surface area contributed by atoms with E-state index >= 15 is 0 Å². The molecule has 5 rings (SSSR count). The number of aromatic nitrogens is 2. The van der Waals surface area contributed by atoms with Crippen LogP contribution in [0.1, 0.15) is 61.2 Å². The first-order valence-corrected chi connectivity index (χ1v) is 13.2. The number of carbonyl (C=O) groups excluding carboxylic acids is 2. The van der Waals surface area contributed by atoms with Crippen molar-refractivity contribution in [1.82, 2.24) is 20.8 Å². The Bertz CT molecular complexity index is 1430. The van der Waals surface area contributed by atoms with E-state index in [-0.39, 0.29) is 30.9 Å². The second kappa shape index (κ2) is 11.6. The van der Waals surface area contributed by atoms with Gasteiger partial charge in [-0.2, -0.15) is 0 Å². The molecular weight excluding hydrogens is 508 g/mol. The molecule has 3 aromatic carbocycles. The molecule has 40 heavy (non-hydrogen) atoms. The van der Waals surface area contributed by atoms with Gasteiger partial charge in [-0.25, -0.2) is 9.59 Å². The molecule has 0 radical (unpaired) electrons. The number of benzene rings is 3. The van der Waals surface area contributed by atoms with E-state index < -0.39 is 23.8 Å². The molecule has 0 saturated heterocycles. The number of rotatable bonds is 8. The molecule has 0 bridgehead atoms. The predicted octanol–water partition coefficient (Wildman–Crippen LogP) is 5.92. The van der Waals surface area contributed by atoms with Crippen molar-refractivity contribution >= 4 is 12.2 Å². The van der Waals surface area contributed by atoms with Crippen LogP contribution in [0.3, 0.4) is 0 Å². The summed E-state index contributed by atoms with van der Waals surface area (Å²) in [5, 5.41) is 13.7. The van der Waals surface area contributed by atoms with Gasteiger partial charge in [0.1, 0.15) is 18.2 Å². The Labute approximate surface area is 232 Å². The summed E-state index contributed by atoms with van der Waals surface area (Å²) in [4.78, 5) is 25.1. The van der Waals surface area contributed by atoms with Crippen LogP contribution in [0.2, 0.25) is 0 Å². The maximum Gasteiger partial charge on any atom is 0.408 e. The fourth-order valence-electron chi connectivity index (χ4n) is 4.78. The average molecular weight is 541 g/mol. The average Bonchev–Trinajstić information content (AvgIpc) is 3.53. The van der Waals surface area contributed by atoms with E-state index in [4.69, 9.17) is 13.9 Å². The lowest BCUT2D eigenvalue weighted by Crippen LogP contribution is -2.36. The molecular formula is C31H32N4O5. The molecule has 0 aliphatic heterocycles. The zero-order valence-electron chi connectivity index (χ0n) is 22.7. The number of nitrogens with one attached hydrogen (secondary N) is 2. The molecule has 1 aliphatic carbocycles. The normalized spacial score (nSPS) is 13.2. The largest absolute Gasteiger partial charge is 0.449 e. The first-order chi connectivity index (χ1) is 19.3. The Morgan fingerprint density at radius 2 is 1.50 bits per heavy atom. The number of carbonyl (C=O) groups is 2. The molecule has 0 spiro atoms. The van der Waals surface area contributed by atoms with Crippen LogP contribution in [0.4, 0.5) is 9.59 Å². The molecule has 4 aromatic rings. The third-order valence-electron chi connectivity index (χ3n) is 6.48. The lowest BCUT2D eigenvalue weighted by atomic mass is 9.98. The number of ether oxygens (including phenoxy) is 2. The number of hydrogen-bond donors (Lipinski definition) is 2. The van der Waals surface area contributed by atoms with Crippen LogP contribution in [0, 0.1) is 0 Å². The second-order valence-electron chi connectivity index (χ2n) is 10.6. The third kappa shape index (κ3) is 6.48. The molecule has 1 unspecified atom stereocenters. The molecule has 9 nitrogen and oxygen atoms in total. The summed E-state index contributed by atoms with van der Waals surface area (Å²) in [6.45, 7) is 5.55. The summed E-state index contributed by atoms with van der Waals surface area (Å²) < 4.78 is 16.8. The minimum Gasteiger partial charge on any atom is -0.449 e. The van der Waals surface area contributed by atoms with Crippen molar-refractivity contribution in [3.63, 3.8) is 0 Å². The van der Waals surface area contributed by atoms with Crippen LogP contribution >= 0.6 is 0 Å². The minimum atomic E-state index is -0.658. The Kier molecular flexibility index (Phi) is 7.82. The predicted molar refractivity (Wildman–Crippen MR) is 148 cm³/mol. The molecule has 206 valence electrons. The van der Waals surface area contributed by atoms with E-state index in [0.29, 0.717) is 6.42 Å². The van der Waals surface area contributed by atoms with Gasteiger partial charge in [-0.15, -0.1) is 10.2 Å². The first kappa shape index (κ1) is 26.9. The number of hydrogen-bond acceptors (Lipinski definition) is 7. The fourth-order valence-corrected chi connectivity index (χ4v) is 4.78. The zero-order chi connectivity index (χ0) is 28.1. The highest BCUT2D eigenvalue weighted by atomic mass is 16.6. The van der Waals surface area contributed by atoms with Crippen LogP contribution in [-0.4, -0.2) is 34.6 Å². The van der Waals surface area contributed by atoms with E-state index in [9.17, 15) is 9.59 Å². The van der Waals surface area contributed by atoms with E-state index in [2.05, 4.69) is 45.1 Å². The van der Waals surface area contributed by atoms with Crippen molar-refractivity contribution in [2.75, 3.05) is 6.61 Å². The van der Waals surface area contributed by atoms with Crippen molar-refractivity contribution in [2.45, 2.75) is 51.3 Å². The highest BCUT2D eigenvalue weighted by Gasteiger charge is 2.29. The van der Waals surface area contributed by atoms with E-state index in [1.807, 2.05) is 54.6 Å². The maximum absolute atomic E-state index is 12.6. The van der Waals surface area contributed by atoms with Crippen molar-refractivity contribution < 1.29 is 23.5 Å². The molecule has 2 amide bonds. The van der Waals surface area contributed by atoms with Crippen LogP contribution in [0.5, 0.6) is 0 Å². The van der Waals surface area contributed by atoms with Crippen LogP contribution in [0.25, 0.3) is 11.1 Å². The molecule has 2 N–H and O–H groups in total. The van der Waals surface area contributed by atoms with Gasteiger partial charge < -0.3 is 24.5 Å². The molecule has 1 heterocycles. The number of amides is 2. The summed E-state index contributed by atoms with van der Waals surface area (Å²) >= 11 is 0. The van der Waals surface area contributed by atoms with Crippen molar-refractivity contribution in [3.05, 3.63) is 107 Å². The molecule has 1 atom stereocenters. The molecule has 1 aromatic heterocycles. The standard InChI is InChI=1S/C31H32N4O5/c1-31(2,3)40-30(37)33-26(17-20-11-5-4-6-12-20)28-35-34-27(39-28)18-32-29(36)38-19-25-23-15-9-7-13-21(23)22-14-8-10-16-24(22)25/h4-16,25-26H,17-19H2,1-3H3,(H,32,36)(H,33,37). The maximum atomic E-state index is 12.6. The fraction of sp³-hybridized carbons (Fsp3) is 0.290. The minimum absolute atomic E-state index is 0.0197. The van der Waals surface area contributed by atoms with Gasteiger partial charge in [0.05, 0.1) is 6.54 Å². The lowest BCUT2D eigenvalue weighted by Gasteiger charge is -2.22. The van der Waals surface area contributed by atoms with Crippen molar-refractivity contribution in [3.8, 4) is 11.1 Å². The van der Waals surface area contributed by atoms with Gasteiger partial charge in [0.25, 0.3) is 0 Å². The van der Waals surface area contributed by atoms with Gasteiger partial charge in [0.2, 0.25) is 11.8 Å². The van der Waals surface area contributed by atoms with Crippen LogP contribution in [-0.2, 0) is 22.4 Å². The summed E-state index contributed by atoms with van der Waals surface area (Å²) in [6, 6.07) is 25.3. The highest BCUT2D eigenvalue weighted by Crippen LogP contribution is 2.44. The monoisotopic (exact) mass is 540 g/mol. The molecule has 0 fully saturated rings. The summed E-state index contributed by atoms with van der Waals surface area (Å²) in [6.07, 6.45) is -0.763. The summed E-state index contributed by atoms with van der Waals surface area (Å²) in [5.41, 5.74) is 4.92. The van der Waals surface area contributed by atoms with E-state index in [1.54, 1.807) is 20.8 Å². The van der Waals surface area contributed by atoms with Gasteiger partial charge in [-0.1, -0.05) is 78.9 Å². The van der Waals surface area contributed by atoms with Crippen LogP contribution < -0.4 is 10.6 Å². The van der Waals surface area contributed by atoms with Crippen molar-refractivity contribution in [1.29, 1.82) is 0 Å². The zero-order valence-corrected chi connectivity index (χ0v) is 22.7. The number of nitrogens with zero attached hydrogens (tertiary/aromatic N) is 2. The Hall–Kier alpha value is -4.66. The van der Waals surface area contributed by atoms with Gasteiger partial charge in [-0.05, 0) is 48.6 Å². The Balaban J connectivity index is 1.20. The van der Waals surface area contributed by atoms with E-state index in [0.717, 1.165) is 27.8 Å². The van der Waals surface area contributed by atoms with Gasteiger partial charge in [0.15, 0.2) is 0 Å². The number of fused-ring (bicyclic) bond motifs is 3. The topological polar surface area (TPSA) is 116 Å². The molecule has 0 saturated carbocycles. The highest BCUT2D eigenvalue weighted by molar-refractivity contribution is 5.79. The smallest absolute Gasteiger partial charge is 0.408 e. The SMILES string of the molecule is CC(C)(C)OC(=O)NC(Cc1ccccc1)c1nnc(CNC(=O)OCC2c3ccccc3-c3ccccc32)o1. The van der Waals surface area contributed by atoms with Crippen LogP contribution in [0.15, 0.2) is 83.3 Å². The number of alkyl carbamates (subject to hydrolysis) is 2. The quantitative estimate of drug-likeness (QED) is 0.285. The Morgan fingerprint density at radius 3 is 2.15 bits per heavy atom. The van der Waals surface area contributed by atoms with Gasteiger partial charge >= 0.3 is 12.2 Å². The third-order valence-corrected chi connectivity index (χ3v) is 6.48. The van der Waals surface area contributed by atoms with Crippen molar-refractivity contribution in [2.24, 2.45) is 0 Å². The second-order valence-corrected chi connectivity index (χ2v) is 10.6. The Morgan fingerprint density at radius 1 is 0.875 bits per heavy atom.